The van der Waals surface area contributed by atoms with Crippen molar-refractivity contribution in [3.63, 3.8) is 0 Å². The van der Waals surface area contributed by atoms with E-state index in [4.69, 9.17) is 9.47 Å². The van der Waals surface area contributed by atoms with Gasteiger partial charge in [0.25, 0.3) is 0 Å². The summed E-state index contributed by atoms with van der Waals surface area (Å²) in [5, 5.41) is -0.0589. The molecule has 0 aliphatic carbocycles. The Kier molecular flexibility index (Phi) is 5.81. The van der Waals surface area contributed by atoms with Gasteiger partial charge in [-0.15, -0.1) is 0 Å². The fourth-order valence-corrected chi connectivity index (χ4v) is 7.84. The van der Waals surface area contributed by atoms with Gasteiger partial charge in [0.15, 0.2) is 0 Å². The number of aromatic nitrogens is 1. The number of fused-ring (bicyclic) bond motifs is 2. The van der Waals surface area contributed by atoms with Crippen LogP contribution in [-0.4, -0.2) is 65.9 Å². The van der Waals surface area contributed by atoms with Crippen LogP contribution >= 0.6 is 23.1 Å². The van der Waals surface area contributed by atoms with Gasteiger partial charge >= 0.3 is 4.87 Å². The number of anilines is 1. The van der Waals surface area contributed by atoms with E-state index in [0.717, 1.165) is 16.2 Å². The molecule has 11 heteroatoms. The van der Waals surface area contributed by atoms with E-state index in [9.17, 15) is 19.2 Å². The summed E-state index contributed by atoms with van der Waals surface area (Å²) in [6.45, 7) is 5.65. The van der Waals surface area contributed by atoms with E-state index in [1.165, 1.54) is 21.2 Å². The highest BCUT2D eigenvalue weighted by atomic mass is 32.2. The number of thioether (sulfide) groups is 1. The van der Waals surface area contributed by atoms with E-state index in [0.29, 0.717) is 42.8 Å². The normalized spacial score (nSPS) is 23.6. The van der Waals surface area contributed by atoms with Crippen LogP contribution in [0.4, 0.5) is 5.69 Å². The van der Waals surface area contributed by atoms with Crippen molar-refractivity contribution in [1.82, 2.24) is 9.47 Å². The summed E-state index contributed by atoms with van der Waals surface area (Å²) in [5.41, 5.74) is -0.249. The quantitative estimate of drug-likeness (QED) is 0.586. The fourth-order valence-electron chi connectivity index (χ4n) is 4.80. The van der Waals surface area contributed by atoms with Crippen LogP contribution in [0.3, 0.4) is 0 Å². The van der Waals surface area contributed by atoms with Gasteiger partial charge in [0.05, 0.1) is 37.0 Å². The third-order valence-electron chi connectivity index (χ3n) is 6.69. The molecule has 34 heavy (non-hydrogen) atoms. The van der Waals surface area contributed by atoms with Crippen molar-refractivity contribution < 1.29 is 23.9 Å². The van der Waals surface area contributed by atoms with E-state index < -0.39 is 16.6 Å². The molecule has 2 saturated heterocycles. The number of methoxy groups -OCH3 is 1. The molecule has 3 aliphatic rings. The number of morpholine rings is 1. The lowest BCUT2D eigenvalue weighted by Gasteiger charge is -2.36. The predicted molar refractivity (Wildman–Crippen MR) is 128 cm³/mol. The fraction of sp³-hybridized carbons (Fsp3) is 0.478. The van der Waals surface area contributed by atoms with E-state index in [1.807, 2.05) is 13.8 Å². The summed E-state index contributed by atoms with van der Waals surface area (Å²) >= 11 is 2.28. The summed E-state index contributed by atoms with van der Waals surface area (Å²) in [6.07, 6.45) is 0. The standard InChI is InChI=1S/C23H25N3O6S2/c1-23(2)16-17(20(29)26(19(16)28)13-4-6-14(31-3)7-5-13)33-21-18(23)34-22(30)25(21)12-15(27)24-8-10-32-11-9-24/h4-7,16-17H,8-12H2,1-3H3. The van der Waals surface area contributed by atoms with Gasteiger partial charge in [-0.05, 0) is 24.3 Å². The number of nitrogens with zero attached hydrogens (tertiary/aromatic N) is 3. The zero-order valence-electron chi connectivity index (χ0n) is 19.1. The maximum absolute atomic E-state index is 13.5. The highest BCUT2D eigenvalue weighted by molar-refractivity contribution is 8.00. The Morgan fingerprint density at radius 3 is 2.44 bits per heavy atom. The Morgan fingerprint density at radius 1 is 1.12 bits per heavy atom. The summed E-state index contributed by atoms with van der Waals surface area (Å²) in [4.78, 5) is 56.2. The molecule has 5 rings (SSSR count). The molecule has 180 valence electrons. The monoisotopic (exact) mass is 503 g/mol. The molecular weight excluding hydrogens is 478 g/mol. The van der Waals surface area contributed by atoms with Crippen molar-refractivity contribution in [3.05, 3.63) is 38.8 Å². The molecule has 1 aromatic heterocycles. The molecule has 9 nitrogen and oxygen atoms in total. The zero-order chi connectivity index (χ0) is 24.2. The predicted octanol–water partition coefficient (Wildman–Crippen LogP) is 1.72. The average molecular weight is 504 g/mol. The first-order chi connectivity index (χ1) is 16.2. The molecule has 2 aromatic rings. The summed E-state index contributed by atoms with van der Waals surface area (Å²) in [5.74, 6) is -0.721. The highest BCUT2D eigenvalue weighted by Gasteiger charge is 2.59. The van der Waals surface area contributed by atoms with E-state index >= 15 is 0 Å². The van der Waals surface area contributed by atoms with Crippen LogP contribution in [0.2, 0.25) is 0 Å². The van der Waals surface area contributed by atoms with E-state index in [2.05, 4.69) is 0 Å². The molecule has 0 radical (unpaired) electrons. The van der Waals surface area contributed by atoms with E-state index in [-0.39, 0.29) is 29.1 Å². The Hall–Kier alpha value is -2.63. The van der Waals surface area contributed by atoms with Gasteiger partial charge in [0.1, 0.15) is 17.5 Å². The molecule has 0 spiro atoms. The number of rotatable bonds is 4. The lowest BCUT2D eigenvalue weighted by Crippen LogP contribution is -2.44. The molecule has 0 saturated carbocycles. The van der Waals surface area contributed by atoms with Crippen molar-refractivity contribution in [2.45, 2.75) is 36.1 Å². The number of hydrogen-bond donors (Lipinski definition) is 0. The van der Waals surface area contributed by atoms with Crippen molar-refractivity contribution in [1.29, 1.82) is 0 Å². The second-order valence-corrected chi connectivity index (χ2v) is 11.1. The molecule has 1 aromatic carbocycles. The molecular formula is C23H25N3O6S2. The number of hydrogen-bond acceptors (Lipinski definition) is 8. The topological polar surface area (TPSA) is 98.2 Å². The number of amides is 3. The summed E-state index contributed by atoms with van der Waals surface area (Å²) in [6, 6.07) is 6.80. The summed E-state index contributed by atoms with van der Waals surface area (Å²) < 4.78 is 12.0. The van der Waals surface area contributed by atoms with Crippen molar-refractivity contribution in [2.75, 3.05) is 38.3 Å². The zero-order valence-corrected chi connectivity index (χ0v) is 20.7. The largest absolute Gasteiger partial charge is 0.497 e. The van der Waals surface area contributed by atoms with Gasteiger partial charge in [-0.25, -0.2) is 4.90 Å². The van der Waals surface area contributed by atoms with Crippen molar-refractivity contribution in [2.24, 2.45) is 5.92 Å². The number of imide groups is 1. The van der Waals surface area contributed by atoms with Crippen LogP contribution in [0.5, 0.6) is 5.75 Å². The maximum atomic E-state index is 13.5. The number of thiazole rings is 1. The number of carbonyl (C=O) groups is 3. The lowest BCUT2D eigenvalue weighted by molar-refractivity contribution is -0.136. The number of ether oxygens (including phenoxy) is 2. The second-order valence-electron chi connectivity index (χ2n) is 9.03. The third-order valence-corrected chi connectivity index (χ3v) is 9.51. The van der Waals surface area contributed by atoms with E-state index in [1.54, 1.807) is 36.3 Å². The molecule has 0 bridgehead atoms. The molecule has 2 unspecified atom stereocenters. The van der Waals surface area contributed by atoms with Crippen LogP contribution < -0.4 is 14.5 Å². The minimum Gasteiger partial charge on any atom is -0.497 e. The molecule has 3 aliphatic heterocycles. The number of benzene rings is 1. The minimum atomic E-state index is -0.740. The van der Waals surface area contributed by atoms with Gasteiger partial charge < -0.3 is 14.4 Å². The Morgan fingerprint density at radius 2 is 1.79 bits per heavy atom. The third kappa shape index (κ3) is 3.57. The Balaban J connectivity index is 1.48. The van der Waals surface area contributed by atoms with Crippen LogP contribution in [0.25, 0.3) is 0 Å². The SMILES string of the molecule is COc1ccc(N2C(=O)C3Sc4c(sc(=O)n4CC(=O)N4CCOCC4)C(C)(C)C3C2=O)cc1. The Labute approximate surface area is 204 Å². The van der Waals surface area contributed by atoms with Crippen molar-refractivity contribution >= 4 is 46.5 Å². The van der Waals surface area contributed by atoms with Crippen LogP contribution in [0.1, 0.15) is 18.7 Å². The van der Waals surface area contributed by atoms with Crippen LogP contribution in [0.15, 0.2) is 34.1 Å². The first-order valence-electron chi connectivity index (χ1n) is 11.0. The smallest absolute Gasteiger partial charge is 0.308 e. The molecule has 4 heterocycles. The Bertz CT molecular complexity index is 1210. The second kappa shape index (κ2) is 8.54. The average Bonchev–Trinajstić information content (AvgIpc) is 3.28. The molecule has 2 fully saturated rings. The molecule has 0 N–H and O–H groups in total. The van der Waals surface area contributed by atoms with Gasteiger partial charge in [0, 0.05) is 23.4 Å². The minimum absolute atomic E-state index is 0.0878. The highest BCUT2D eigenvalue weighted by Crippen LogP contribution is 2.54. The van der Waals surface area contributed by atoms with Gasteiger partial charge in [-0.3, -0.25) is 23.7 Å². The van der Waals surface area contributed by atoms with Crippen LogP contribution in [0, 0.1) is 5.92 Å². The van der Waals surface area contributed by atoms with Crippen LogP contribution in [-0.2, 0) is 31.1 Å². The van der Waals surface area contributed by atoms with Crippen molar-refractivity contribution in [3.8, 4) is 5.75 Å². The van der Waals surface area contributed by atoms with Gasteiger partial charge in [-0.2, -0.15) is 0 Å². The summed E-state index contributed by atoms with van der Waals surface area (Å²) in [7, 11) is 1.55. The number of carbonyl (C=O) groups excluding carboxylic acids is 3. The van der Waals surface area contributed by atoms with Gasteiger partial charge in [-0.1, -0.05) is 36.9 Å². The maximum Gasteiger partial charge on any atom is 0.308 e. The first-order valence-corrected chi connectivity index (χ1v) is 12.7. The lowest BCUT2D eigenvalue weighted by atomic mass is 9.76. The first kappa shape index (κ1) is 23.1. The molecule has 2 atom stereocenters. The molecule has 3 amide bonds. The van der Waals surface area contributed by atoms with Gasteiger partial charge in [0.2, 0.25) is 17.7 Å².